The number of halogens is 2. The Labute approximate surface area is 240 Å². The lowest BCUT2D eigenvalue weighted by atomic mass is 9.91. The second kappa shape index (κ2) is 11.3. The number of ether oxygens (including phenoxy) is 1. The van der Waals surface area contributed by atoms with Crippen molar-refractivity contribution in [2.75, 3.05) is 6.61 Å². The maximum atomic E-state index is 14.0. The molecule has 8 heteroatoms. The van der Waals surface area contributed by atoms with Gasteiger partial charge in [0.05, 0.1) is 28.5 Å². The van der Waals surface area contributed by atoms with Crippen molar-refractivity contribution < 1.29 is 9.53 Å². The van der Waals surface area contributed by atoms with E-state index in [4.69, 9.17) is 32.9 Å². The van der Waals surface area contributed by atoms with Crippen LogP contribution in [-0.2, 0) is 9.53 Å². The molecule has 1 aromatic heterocycles. The molecule has 0 saturated carbocycles. The molecular formula is C31H26Cl2N2O3S. The Kier molecular flexibility index (Phi) is 7.89. The summed E-state index contributed by atoms with van der Waals surface area (Å²) < 4.78 is 7.56. The maximum absolute atomic E-state index is 14.0. The van der Waals surface area contributed by atoms with E-state index in [0.29, 0.717) is 42.1 Å². The molecule has 4 aromatic rings. The molecule has 0 saturated heterocycles. The Morgan fingerprint density at radius 2 is 1.79 bits per heavy atom. The van der Waals surface area contributed by atoms with E-state index in [9.17, 15) is 9.59 Å². The summed E-state index contributed by atoms with van der Waals surface area (Å²) in [5.41, 5.74) is 3.93. The van der Waals surface area contributed by atoms with Crippen molar-refractivity contribution in [1.82, 2.24) is 4.57 Å². The monoisotopic (exact) mass is 576 g/mol. The number of esters is 1. The fourth-order valence-corrected chi connectivity index (χ4v) is 6.03. The Hall–Kier alpha value is -3.45. The summed E-state index contributed by atoms with van der Waals surface area (Å²) in [6.07, 6.45) is 1.73. The van der Waals surface area contributed by atoms with Gasteiger partial charge in [-0.25, -0.2) is 9.79 Å². The fourth-order valence-electron chi connectivity index (χ4n) is 4.58. The summed E-state index contributed by atoms with van der Waals surface area (Å²) in [7, 11) is 0. The minimum absolute atomic E-state index is 0.197. The maximum Gasteiger partial charge on any atom is 0.338 e. The van der Waals surface area contributed by atoms with Crippen LogP contribution in [0, 0.1) is 0 Å². The van der Waals surface area contributed by atoms with Crippen molar-refractivity contribution in [2.24, 2.45) is 4.99 Å². The first kappa shape index (κ1) is 27.1. The van der Waals surface area contributed by atoms with Gasteiger partial charge in [0.2, 0.25) is 0 Å². The van der Waals surface area contributed by atoms with Crippen molar-refractivity contribution >= 4 is 52.3 Å². The van der Waals surface area contributed by atoms with Crippen LogP contribution in [0.4, 0.5) is 0 Å². The summed E-state index contributed by atoms with van der Waals surface area (Å²) >= 11 is 13.7. The number of hydrogen-bond donors (Lipinski definition) is 0. The van der Waals surface area contributed by atoms with Gasteiger partial charge in [0.1, 0.15) is 0 Å². The smallest absolute Gasteiger partial charge is 0.338 e. The largest absolute Gasteiger partial charge is 0.463 e. The highest BCUT2D eigenvalue weighted by atomic mass is 35.5. The van der Waals surface area contributed by atoms with Crippen LogP contribution in [0.25, 0.3) is 11.8 Å². The number of nitrogens with zero attached hydrogens (tertiary/aromatic N) is 2. The SMILES string of the molecule is CCOC(=O)C1=C(c2ccccc2)N=c2s/c(=C\c3ccc(Cl)cc3Cl)c(=O)n2[C@H]1c1ccc(C(C)C)cc1. The second-order valence-electron chi connectivity index (χ2n) is 9.42. The number of hydrogen-bond acceptors (Lipinski definition) is 5. The average molecular weight is 578 g/mol. The third-order valence-corrected chi connectivity index (χ3v) is 8.09. The van der Waals surface area contributed by atoms with E-state index < -0.39 is 12.0 Å². The van der Waals surface area contributed by atoms with E-state index in [-0.39, 0.29) is 12.2 Å². The zero-order chi connectivity index (χ0) is 27.7. The molecule has 0 unspecified atom stereocenters. The van der Waals surface area contributed by atoms with Crippen molar-refractivity contribution in [3.63, 3.8) is 0 Å². The third-order valence-electron chi connectivity index (χ3n) is 6.54. The van der Waals surface area contributed by atoms with Gasteiger partial charge in [0.25, 0.3) is 5.56 Å². The molecule has 1 aliphatic rings. The number of carbonyl (C=O) groups excluding carboxylic acids is 1. The van der Waals surface area contributed by atoms with Gasteiger partial charge in [-0.3, -0.25) is 9.36 Å². The molecule has 1 atom stereocenters. The van der Waals surface area contributed by atoms with Crippen LogP contribution in [-0.4, -0.2) is 17.1 Å². The van der Waals surface area contributed by atoms with Crippen LogP contribution >= 0.6 is 34.5 Å². The molecule has 198 valence electrons. The number of fused-ring (bicyclic) bond motifs is 1. The Bertz CT molecular complexity index is 1750. The lowest BCUT2D eigenvalue weighted by Crippen LogP contribution is -2.40. The van der Waals surface area contributed by atoms with Gasteiger partial charge >= 0.3 is 5.97 Å². The zero-order valence-corrected chi connectivity index (χ0v) is 24.0. The van der Waals surface area contributed by atoms with Gasteiger partial charge in [0, 0.05) is 15.6 Å². The van der Waals surface area contributed by atoms with Gasteiger partial charge < -0.3 is 4.74 Å². The van der Waals surface area contributed by atoms with E-state index in [1.54, 1.807) is 35.8 Å². The molecule has 0 amide bonds. The van der Waals surface area contributed by atoms with Crippen molar-refractivity contribution in [3.8, 4) is 0 Å². The molecule has 0 bridgehead atoms. The molecule has 5 nitrogen and oxygen atoms in total. The highest BCUT2D eigenvalue weighted by Gasteiger charge is 2.35. The normalized spacial score (nSPS) is 15.3. The molecule has 0 radical (unpaired) electrons. The Balaban J connectivity index is 1.82. The van der Waals surface area contributed by atoms with Crippen LogP contribution in [0.1, 0.15) is 55.0 Å². The lowest BCUT2D eigenvalue weighted by molar-refractivity contribution is -0.138. The van der Waals surface area contributed by atoms with Crippen LogP contribution in [0.3, 0.4) is 0 Å². The van der Waals surface area contributed by atoms with Gasteiger partial charge in [-0.1, -0.05) is 109 Å². The molecular weight excluding hydrogens is 551 g/mol. The van der Waals surface area contributed by atoms with E-state index in [0.717, 1.165) is 16.7 Å². The zero-order valence-electron chi connectivity index (χ0n) is 21.7. The number of carbonyl (C=O) groups is 1. The standard InChI is InChI=1S/C31H26Cl2N2O3S/c1-4-38-30(37)26-27(20-8-6-5-7-9-20)34-31-35(28(26)21-12-10-19(11-13-21)18(2)3)29(36)25(39-31)16-22-14-15-23(32)17-24(22)33/h5-18,28H,4H2,1-3H3/b25-16-/t28-/m0/s1. The molecule has 0 spiro atoms. The summed E-state index contributed by atoms with van der Waals surface area (Å²) in [5.74, 6) is -0.168. The topological polar surface area (TPSA) is 60.7 Å². The average Bonchev–Trinajstić information content (AvgIpc) is 3.24. The highest BCUT2D eigenvalue weighted by molar-refractivity contribution is 7.07. The van der Waals surface area contributed by atoms with Crippen molar-refractivity contribution in [1.29, 1.82) is 0 Å². The number of benzene rings is 3. The molecule has 39 heavy (non-hydrogen) atoms. The molecule has 5 rings (SSSR count). The lowest BCUT2D eigenvalue weighted by Gasteiger charge is -2.26. The fraction of sp³-hybridized carbons (Fsp3) is 0.194. The van der Waals surface area contributed by atoms with Gasteiger partial charge in [-0.15, -0.1) is 0 Å². The summed E-state index contributed by atoms with van der Waals surface area (Å²) in [6.45, 7) is 6.20. The third kappa shape index (κ3) is 5.37. The minimum atomic E-state index is -0.723. The second-order valence-corrected chi connectivity index (χ2v) is 11.3. The molecule has 0 aliphatic carbocycles. The summed E-state index contributed by atoms with van der Waals surface area (Å²) in [4.78, 5) is 32.9. The number of thiazole rings is 1. The van der Waals surface area contributed by atoms with Gasteiger partial charge in [-0.05, 0) is 47.7 Å². The van der Waals surface area contributed by atoms with Gasteiger partial charge in [0.15, 0.2) is 4.80 Å². The van der Waals surface area contributed by atoms with Crippen LogP contribution < -0.4 is 14.9 Å². The molecule has 0 fully saturated rings. The summed E-state index contributed by atoms with van der Waals surface area (Å²) in [5, 5.41) is 0.946. The Morgan fingerprint density at radius 1 is 1.08 bits per heavy atom. The highest BCUT2D eigenvalue weighted by Crippen LogP contribution is 2.35. The van der Waals surface area contributed by atoms with Gasteiger partial charge in [-0.2, -0.15) is 0 Å². The number of rotatable bonds is 6. The molecule has 2 heterocycles. The van der Waals surface area contributed by atoms with E-state index >= 15 is 0 Å². The first-order valence-corrected chi connectivity index (χ1v) is 14.2. The van der Waals surface area contributed by atoms with E-state index in [1.807, 2.05) is 54.6 Å². The number of aromatic nitrogens is 1. The predicted molar refractivity (Wildman–Crippen MR) is 158 cm³/mol. The van der Waals surface area contributed by atoms with Crippen LogP contribution in [0.5, 0.6) is 0 Å². The molecule has 3 aromatic carbocycles. The first-order chi connectivity index (χ1) is 18.8. The Morgan fingerprint density at radius 3 is 2.44 bits per heavy atom. The minimum Gasteiger partial charge on any atom is -0.463 e. The summed E-state index contributed by atoms with van der Waals surface area (Å²) in [6, 6.07) is 21.9. The quantitative estimate of drug-likeness (QED) is 0.251. The predicted octanol–water partition coefficient (Wildman–Crippen LogP) is 6.37. The molecule has 0 N–H and O–H groups in total. The van der Waals surface area contributed by atoms with Crippen molar-refractivity contribution in [3.05, 3.63) is 130 Å². The van der Waals surface area contributed by atoms with Crippen molar-refractivity contribution in [2.45, 2.75) is 32.7 Å². The van der Waals surface area contributed by atoms with E-state index in [2.05, 4.69) is 13.8 Å². The van der Waals surface area contributed by atoms with Crippen LogP contribution in [0.2, 0.25) is 10.0 Å². The van der Waals surface area contributed by atoms with E-state index in [1.165, 1.54) is 11.3 Å². The molecule has 1 aliphatic heterocycles. The first-order valence-electron chi connectivity index (χ1n) is 12.6. The van der Waals surface area contributed by atoms with Crippen LogP contribution in [0.15, 0.2) is 88.2 Å².